The number of nitrogens with zero attached hydrogens (tertiary/aromatic N) is 2. The minimum Gasteiger partial charge on any atom is -0.406 e. The number of piperazine rings is 1. The maximum Gasteiger partial charge on any atom is 0.573 e. The van der Waals surface area contributed by atoms with Crippen LogP contribution in [0.4, 0.5) is 18.9 Å². The monoisotopic (exact) mass is 557 g/mol. The van der Waals surface area contributed by atoms with Crippen molar-refractivity contribution in [2.45, 2.75) is 43.6 Å². The molecule has 202 valence electrons. The first-order valence-electron chi connectivity index (χ1n) is 12.4. The molecule has 11 heteroatoms. The third-order valence-electron chi connectivity index (χ3n) is 6.54. The molecule has 2 saturated heterocycles. The zero-order valence-electron chi connectivity index (χ0n) is 20.7. The number of nitrogens with one attached hydrogen (secondary N) is 1. The van der Waals surface area contributed by atoms with Gasteiger partial charge in [-0.1, -0.05) is 18.5 Å². The van der Waals surface area contributed by atoms with Crippen LogP contribution >= 0.6 is 23.4 Å². The van der Waals surface area contributed by atoms with Gasteiger partial charge in [0.05, 0.1) is 0 Å². The fourth-order valence-electron chi connectivity index (χ4n) is 4.75. The van der Waals surface area contributed by atoms with E-state index >= 15 is 0 Å². The molecule has 2 aliphatic rings. The van der Waals surface area contributed by atoms with Crippen LogP contribution in [0.1, 0.15) is 35.7 Å². The van der Waals surface area contributed by atoms with Crippen molar-refractivity contribution in [3.8, 4) is 5.75 Å². The number of halogens is 4. The first-order chi connectivity index (χ1) is 17.7. The molecule has 2 aliphatic heterocycles. The Hall–Kier alpha value is -2.14. The molecule has 0 aliphatic carbocycles. The van der Waals surface area contributed by atoms with Crippen molar-refractivity contribution in [1.82, 2.24) is 10.2 Å². The van der Waals surface area contributed by atoms with E-state index in [0.29, 0.717) is 29.8 Å². The highest BCUT2D eigenvalue weighted by Gasteiger charge is 2.32. The van der Waals surface area contributed by atoms with Gasteiger partial charge < -0.3 is 19.7 Å². The number of hydrogen-bond acceptors (Lipinski definition) is 6. The minimum atomic E-state index is -4.86. The summed E-state index contributed by atoms with van der Waals surface area (Å²) >= 11 is 7.76. The van der Waals surface area contributed by atoms with E-state index < -0.39 is 18.0 Å². The smallest absolute Gasteiger partial charge is 0.406 e. The van der Waals surface area contributed by atoms with Crippen LogP contribution in [0.25, 0.3) is 0 Å². The summed E-state index contributed by atoms with van der Waals surface area (Å²) in [5.74, 6) is -0.0426. The average molecular weight is 558 g/mol. The average Bonchev–Trinajstić information content (AvgIpc) is 2.88. The number of carbonyl (C=O) groups is 1. The van der Waals surface area contributed by atoms with Crippen molar-refractivity contribution in [2.75, 3.05) is 50.0 Å². The molecule has 0 atom stereocenters. The van der Waals surface area contributed by atoms with Gasteiger partial charge in [-0.3, -0.25) is 9.69 Å². The molecule has 2 heterocycles. The van der Waals surface area contributed by atoms with Crippen molar-refractivity contribution >= 4 is 35.0 Å². The lowest BCUT2D eigenvalue weighted by Gasteiger charge is -2.41. The molecule has 2 aromatic rings. The van der Waals surface area contributed by atoms with Gasteiger partial charge >= 0.3 is 6.36 Å². The molecule has 0 aromatic heterocycles. The third-order valence-corrected chi connectivity index (χ3v) is 7.77. The predicted molar refractivity (Wildman–Crippen MR) is 140 cm³/mol. The van der Waals surface area contributed by atoms with Crippen LogP contribution in [0.2, 0.25) is 5.02 Å². The summed E-state index contributed by atoms with van der Waals surface area (Å²) in [4.78, 5) is 18.5. The lowest BCUT2D eigenvalue weighted by atomic mass is 10.1. The van der Waals surface area contributed by atoms with Crippen molar-refractivity contribution < 1.29 is 27.4 Å². The Morgan fingerprint density at radius 1 is 1.14 bits per heavy atom. The van der Waals surface area contributed by atoms with Crippen LogP contribution in [0.5, 0.6) is 5.75 Å². The van der Waals surface area contributed by atoms with Crippen molar-refractivity contribution in [3.05, 3.63) is 52.5 Å². The second-order valence-corrected chi connectivity index (χ2v) is 10.7. The van der Waals surface area contributed by atoms with Crippen LogP contribution in [0.3, 0.4) is 0 Å². The molecule has 0 radical (unpaired) electrons. The summed E-state index contributed by atoms with van der Waals surface area (Å²) in [5, 5.41) is 3.37. The number of alkyl halides is 3. The molecule has 2 aromatic carbocycles. The highest BCUT2D eigenvalue weighted by Crippen LogP contribution is 2.31. The Bertz CT molecular complexity index is 1070. The zero-order chi connectivity index (χ0) is 26.4. The van der Waals surface area contributed by atoms with E-state index in [4.69, 9.17) is 16.3 Å². The van der Waals surface area contributed by atoms with E-state index in [9.17, 15) is 18.0 Å². The van der Waals surface area contributed by atoms with Gasteiger partial charge in [0.1, 0.15) is 5.75 Å². The maximum absolute atomic E-state index is 13.1. The summed E-state index contributed by atoms with van der Waals surface area (Å²) in [6.45, 7) is 6.63. The lowest BCUT2D eigenvalue weighted by molar-refractivity contribution is -0.274. The Morgan fingerprint density at radius 2 is 1.86 bits per heavy atom. The van der Waals surface area contributed by atoms with Gasteiger partial charge in [0, 0.05) is 79.2 Å². The quantitative estimate of drug-likeness (QED) is 0.428. The van der Waals surface area contributed by atoms with Crippen molar-refractivity contribution in [1.29, 1.82) is 0 Å². The molecule has 1 amide bonds. The number of thioether (sulfide) groups is 1. The second-order valence-electron chi connectivity index (χ2n) is 9.00. The fraction of sp³-hybridized carbons (Fsp3) is 0.500. The Morgan fingerprint density at radius 3 is 2.54 bits per heavy atom. The second kappa shape index (κ2) is 12.6. The molecule has 0 bridgehead atoms. The highest BCUT2D eigenvalue weighted by molar-refractivity contribution is 7.99. The maximum atomic E-state index is 13.1. The van der Waals surface area contributed by atoms with E-state index in [1.165, 1.54) is 6.07 Å². The van der Waals surface area contributed by atoms with Crippen LogP contribution < -0.4 is 15.0 Å². The molecule has 6 nitrogen and oxygen atoms in total. The summed E-state index contributed by atoms with van der Waals surface area (Å²) in [6.07, 6.45) is -2.88. The molecule has 4 rings (SSSR count). The number of benzene rings is 2. The summed E-state index contributed by atoms with van der Waals surface area (Å²) in [6, 6.07) is 10.0. The number of hydrogen-bond donors (Lipinski definition) is 1. The Kier molecular flexibility index (Phi) is 9.50. The molecule has 2 fully saturated rings. The van der Waals surface area contributed by atoms with Crippen molar-refractivity contribution in [2.24, 2.45) is 0 Å². The van der Waals surface area contributed by atoms with Gasteiger partial charge in [-0.15, -0.1) is 24.9 Å². The van der Waals surface area contributed by atoms with Gasteiger partial charge in [0.2, 0.25) is 0 Å². The summed E-state index contributed by atoms with van der Waals surface area (Å²) < 4.78 is 48.9. The normalized spacial score (nSPS) is 17.6. The highest BCUT2D eigenvalue weighted by atomic mass is 35.5. The van der Waals surface area contributed by atoms with Crippen molar-refractivity contribution in [3.63, 3.8) is 0 Å². The molecule has 37 heavy (non-hydrogen) atoms. The number of amides is 1. The topological polar surface area (TPSA) is 54.0 Å². The minimum absolute atomic E-state index is 0.107. The molecule has 1 N–H and O–H groups in total. The number of carbonyl (C=O) groups excluding carboxylic acids is 1. The SMILES string of the molecule is CCSc1ccc(Cl)cc1CNC(=O)c1cc(OC(F)(F)F)cc(N2CCN(C3CCOCC3)CC2)c1. The fourth-order valence-corrected chi connectivity index (χ4v) is 5.73. The van der Waals surface area contributed by atoms with E-state index in [1.54, 1.807) is 30.0 Å². The van der Waals surface area contributed by atoms with E-state index in [-0.39, 0.29) is 12.1 Å². The van der Waals surface area contributed by atoms with Gasteiger partial charge in [0.15, 0.2) is 0 Å². The van der Waals surface area contributed by atoms with Crippen LogP contribution in [-0.4, -0.2) is 68.4 Å². The Balaban J connectivity index is 1.49. The van der Waals surface area contributed by atoms with E-state index in [0.717, 1.165) is 61.4 Å². The number of rotatable bonds is 8. The van der Waals surface area contributed by atoms with E-state index in [1.807, 2.05) is 17.9 Å². The van der Waals surface area contributed by atoms with Gasteiger partial charge in [-0.25, -0.2) is 0 Å². The standard InChI is InChI=1S/C26H31ClF3N3O3S/c1-2-37-24-4-3-20(27)13-19(24)17-31-25(34)18-14-22(16-23(15-18)36-26(28,29)30)33-9-7-32(8-10-33)21-5-11-35-12-6-21/h3-4,13-16,21H,2,5-12,17H2,1H3,(H,31,34). The van der Waals surface area contributed by atoms with Crippen LogP contribution in [0.15, 0.2) is 41.3 Å². The number of ether oxygens (including phenoxy) is 2. The number of anilines is 1. The van der Waals surface area contributed by atoms with E-state index in [2.05, 4.69) is 15.0 Å². The first-order valence-corrected chi connectivity index (χ1v) is 13.7. The summed E-state index contributed by atoms with van der Waals surface area (Å²) in [7, 11) is 0. The molecular formula is C26H31ClF3N3O3S. The van der Waals surface area contributed by atoms with Crippen LogP contribution in [-0.2, 0) is 11.3 Å². The molecular weight excluding hydrogens is 527 g/mol. The summed E-state index contributed by atoms with van der Waals surface area (Å²) in [5.41, 5.74) is 1.48. The predicted octanol–water partition coefficient (Wildman–Crippen LogP) is 5.58. The third kappa shape index (κ3) is 7.92. The molecule has 0 unspecified atom stereocenters. The first kappa shape index (κ1) is 27.9. The molecule has 0 saturated carbocycles. The van der Waals surface area contributed by atoms with Gasteiger partial charge in [-0.05, 0) is 54.5 Å². The van der Waals surface area contributed by atoms with Crippen LogP contribution in [0, 0.1) is 0 Å². The van der Waals surface area contributed by atoms with Gasteiger partial charge in [-0.2, -0.15) is 0 Å². The Labute approximate surface area is 224 Å². The zero-order valence-corrected chi connectivity index (χ0v) is 22.2. The molecule has 0 spiro atoms. The largest absolute Gasteiger partial charge is 0.573 e. The lowest BCUT2D eigenvalue weighted by Crippen LogP contribution is -2.51. The van der Waals surface area contributed by atoms with Gasteiger partial charge in [0.25, 0.3) is 5.91 Å².